The minimum atomic E-state index is -0.169. The Morgan fingerprint density at radius 3 is 2.26 bits per heavy atom. The Bertz CT molecular complexity index is 417. The molecule has 0 saturated heterocycles. The number of aldehydes is 1. The van der Waals surface area contributed by atoms with Gasteiger partial charge in [-0.2, -0.15) is 0 Å². The second-order valence-electron chi connectivity index (χ2n) is 6.08. The first kappa shape index (κ1) is 14.2. The van der Waals surface area contributed by atoms with Crippen LogP contribution in [-0.4, -0.2) is 6.29 Å². The summed E-state index contributed by atoms with van der Waals surface area (Å²) in [6, 6.07) is 6.89. The Morgan fingerprint density at radius 1 is 1.21 bits per heavy atom. The van der Waals surface area contributed by atoms with Gasteiger partial charge in [-0.1, -0.05) is 26.0 Å². The molecule has 1 aromatic carbocycles. The van der Waals surface area contributed by atoms with Crippen LogP contribution in [0.5, 0.6) is 0 Å². The van der Waals surface area contributed by atoms with Crippen molar-refractivity contribution < 1.29 is 9.18 Å². The van der Waals surface area contributed by atoms with Crippen molar-refractivity contribution in [3.05, 3.63) is 35.6 Å². The Morgan fingerprint density at radius 2 is 1.79 bits per heavy atom. The van der Waals surface area contributed by atoms with Crippen molar-refractivity contribution in [2.75, 3.05) is 0 Å². The third-order valence-corrected chi connectivity index (χ3v) is 5.03. The van der Waals surface area contributed by atoms with E-state index in [4.69, 9.17) is 0 Å². The molecule has 0 bridgehead atoms. The molecule has 1 saturated carbocycles. The number of halogens is 1. The van der Waals surface area contributed by atoms with Gasteiger partial charge in [0.1, 0.15) is 12.1 Å². The molecule has 0 aliphatic heterocycles. The fourth-order valence-corrected chi connectivity index (χ4v) is 3.29. The molecule has 0 N–H and O–H groups in total. The van der Waals surface area contributed by atoms with E-state index in [1.807, 2.05) is 12.1 Å². The van der Waals surface area contributed by atoms with Gasteiger partial charge in [0, 0.05) is 5.41 Å². The van der Waals surface area contributed by atoms with Crippen molar-refractivity contribution in [3.63, 3.8) is 0 Å². The smallest absolute Gasteiger partial charge is 0.126 e. The Labute approximate surface area is 115 Å². The number of carbonyl (C=O) groups excluding carboxylic acids is 1. The van der Waals surface area contributed by atoms with E-state index in [9.17, 15) is 9.18 Å². The SMILES string of the molecule is CCC(C)(C=O)C1CCC(c2ccc(F)cc2)CC1. The second kappa shape index (κ2) is 5.85. The Balaban J connectivity index is 1.99. The number of hydrogen-bond donors (Lipinski definition) is 0. The van der Waals surface area contributed by atoms with E-state index in [0.717, 1.165) is 38.4 Å². The highest BCUT2D eigenvalue weighted by atomic mass is 19.1. The molecule has 0 amide bonds. The lowest BCUT2D eigenvalue weighted by molar-refractivity contribution is -0.119. The molecule has 1 nitrogen and oxygen atoms in total. The van der Waals surface area contributed by atoms with Gasteiger partial charge >= 0.3 is 0 Å². The lowest BCUT2D eigenvalue weighted by Gasteiger charge is -2.37. The summed E-state index contributed by atoms with van der Waals surface area (Å²) in [5, 5.41) is 0. The van der Waals surface area contributed by atoms with Crippen LogP contribution in [0.2, 0.25) is 0 Å². The van der Waals surface area contributed by atoms with Crippen molar-refractivity contribution in [1.82, 2.24) is 0 Å². The van der Waals surface area contributed by atoms with Crippen molar-refractivity contribution >= 4 is 6.29 Å². The van der Waals surface area contributed by atoms with Gasteiger partial charge in [0.15, 0.2) is 0 Å². The van der Waals surface area contributed by atoms with Crippen LogP contribution < -0.4 is 0 Å². The monoisotopic (exact) mass is 262 g/mol. The van der Waals surface area contributed by atoms with Gasteiger partial charge in [-0.05, 0) is 61.6 Å². The molecule has 1 atom stereocenters. The molecule has 2 heteroatoms. The Hall–Kier alpha value is -1.18. The molecule has 0 aromatic heterocycles. The third kappa shape index (κ3) is 3.05. The van der Waals surface area contributed by atoms with E-state index < -0.39 is 0 Å². The lowest BCUT2D eigenvalue weighted by atomic mass is 9.66. The van der Waals surface area contributed by atoms with Crippen molar-refractivity contribution in [2.45, 2.75) is 51.9 Å². The molecular formula is C17H23FO. The largest absolute Gasteiger partial charge is 0.303 e. The number of rotatable bonds is 4. The molecule has 19 heavy (non-hydrogen) atoms. The van der Waals surface area contributed by atoms with E-state index in [-0.39, 0.29) is 11.2 Å². The topological polar surface area (TPSA) is 17.1 Å². The van der Waals surface area contributed by atoms with Crippen molar-refractivity contribution in [3.8, 4) is 0 Å². The molecule has 0 spiro atoms. The third-order valence-electron chi connectivity index (χ3n) is 5.03. The van der Waals surface area contributed by atoms with E-state index >= 15 is 0 Å². The summed E-state index contributed by atoms with van der Waals surface area (Å²) in [6.45, 7) is 4.18. The fraction of sp³-hybridized carbons (Fsp3) is 0.588. The minimum Gasteiger partial charge on any atom is -0.303 e. The summed E-state index contributed by atoms with van der Waals surface area (Å²) in [5.41, 5.74) is 1.08. The van der Waals surface area contributed by atoms with Gasteiger partial charge < -0.3 is 4.79 Å². The maximum atomic E-state index is 12.9. The van der Waals surface area contributed by atoms with E-state index in [1.165, 1.54) is 5.56 Å². The number of hydrogen-bond acceptors (Lipinski definition) is 1. The van der Waals surface area contributed by atoms with Crippen molar-refractivity contribution in [2.24, 2.45) is 11.3 Å². The highest BCUT2D eigenvalue weighted by Gasteiger charge is 2.35. The molecule has 2 rings (SSSR count). The quantitative estimate of drug-likeness (QED) is 0.718. The van der Waals surface area contributed by atoms with E-state index in [1.54, 1.807) is 12.1 Å². The van der Waals surface area contributed by atoms with Gasteiger partial charge in [0.2, 0.25) is 0 Å². The van der Waals surface area contributed by atoms with Crippen LogP contribution in [0.1, 0.15) is 57.4 Å². The van der Waals surface area contributed by atoms with Gasteiger partial charge in [-0.15, -0.1) is 0 Å². The minimum absolute atomic E-state index is 0.159. The second-order valence-corrected chi connectivity index (χ2v) is 6.08. The van der Waals surface area contributed by atoms with Gasteiger partial charge in [-0.25, -0.2) is 4.39 Å². The molecule has 1 aromatic rings. The molecule has 1 aliphatic carbocycles. The molecule has 1 aliphatic rings. The Kier molecular flexibility index (Phi) is 4.38. The van der Waals surface area contributed by atoms with E-state index in [2.05, 4.69) is 13.8 Å². The van der Waals surface area contributed by atoms with Crippen LogP contribution >= 0.6 is 0 Å². The summed E-state index contributed by atoms with van der Waals surface area (Å²) in [4.78, 5) is 11.3. The first-order valence-electron chi connectivity index (χ1n) is 7.31. The molecule has 104 valence electrons. The van der Waals surface area contributed by atoms with Crippen LogP contribution in [0, 0.1) is 17.2 Å². The predicted molar refractivity (Wildman–Crippen MR) is 75.6 cm³/mol. The van der Waals surface area contributed by atoms with Gasteiger partial charge in [0.25, 0.3) is 0 Å². The number of benzene rings is 1. The van der Waals surface area contributed by atoms with Gasteiger partial charge in [-0.3, -0.25) is 0 Å². The van der Waals surface area contributed by atoms with Crippen LogP contribution in [0.4, 0.5) is 4.39 Å². The summed E-state index contributed by atoms with van der Waals surface area (Å²) >= 11 is 0. The maximum Gasteiger partial charge on any atom is 0.126 e. The molecule has 1 fully saturated rings. The van der Waals surface area contributed by atoms with Gasteiger partial charge in [0.05, 0.1) is 0 Å². The normalized spacial score (nSPS) is 26.7. The summed E-state index contributed by atoms with van der Waals surface area (Å²) < 4.78 is 12.9. The van der Waals surface area contributed by atoms with Crippen molar-refractivity contribution in [1.29, 1.82) is 0 Å². The highest BCUT2D eigenvalue weighted by Crippen LogP contribution is 2.44. The molecular weight excluding hydrogens is 239 g/mol. The summed E-state index contributed by atoms with van der Waals surface area (Å²) in [6.07, 6.45) is 6.49. The van der Waals surface area contributed by atoms with E-state index in [0.29, 0.717) is 11.8 Å². The standard InChI is InChI=1S/C17H23FO/c1-3-17(2,12-19)15-8-4-13(5-9-15)14-6-10-16(18)11-7-14/h6-7,10-13,15H,3-5,8-9H2,1-2H3. The zero-order valence-electron chi connectivity index (χ0n) is 11.9. The zero-order valence-corrected chi connectivity index (χ0v) is 11.9. The predicted octanol–water partition coefficient (Wildman–Crippen LogP) is 4.71. The summed E-state index contributed by atoms with van der Waals surface area (Å²) in [5.74, 6) is 0.869. The van der Waals surface area contributed by atoms with Crippen LogP contribution in [0.15, 0.2) is 24.3 Å². The molecule has 0 heterocycles. The zero-order chi connectivity index (χ0) is 13.9. The molecule has 0 radical (unpaired) electrons. The maximum absolute atomic E-state index is 12.9. The average Bonchev–Trinajstić information content (AvgIpc) is 2.47. The fourth-order valence-electron chi connectivity index (χ4n) is 3.29. The van der Waals surface area contributed by atoms with Crippen LogP contribution in [-0.2, 0) is 4.79 Å². The van der Waals surface area contributed by atoms with Crippen LogP contribution in [0.25, 0.3) is 0 Å². The molecule has 1 unspecified atom stereocenters. The number of carbonyl (C=O) groups is 1. The first-order valence-corrected chi connectivity index (χ1v) is 7.31. The van der Waals surface area contributed by atoms with Crippen LogP contribution in [0.3, 0.4) is 0 Å². The first-order chi connectivity index (χ1) is 9.09. The average molecular weight is 262 g/mol. The summed E-state index contributed by atoms with van der Waals surface area (Å²) in [7, 11) is 0. The lowest BCUT2D eigenvalue weighted by Crippen LogP contribution is -2.31. The highest BCUT2D eigenvalue weighted by molar-refractivity contribution is 5.59.